The summed E-state index contributed by atoms with van der Waals surface area (Å²) in [7, 11) is 1.67. The average molecular weight is 443 g/mol. The molecule has 0 aromatic rings. The minimum atomic E-state index is -0.00840. The Morgan fingerprint density at radius 3 is 1.65 bits per heavy atom. The molecule has 1 saturated heterocycles. The van der Waals surface area contributed by atoms with Crippen LogP contribution in [0, 0.1) is 0 Å². The van der Waals surface area contributed by atoms with Crippen LogP contribution in [0.4, 0.5) is 0 Å². The maximum atomic E-state index is 11.4. The molecule has 1 aliphatic heterocycles. The van der Waals surface area contributed by atoms with E-state index in [9.17, 15) is 5.21 Å². The van der Waals surface area contributed by atoms with Crippen LogP contribution >= 0.6 is 0 Å². The second-order valence-electron chi connectivity index (χ2n) is 9.77. The van der Waals surface area contributed by atoms with E-state index in [-0.39, 0.29) is 11.1 Å². The summed E-state index contributed by atoms with van der Waals surface area (Å²) in [6, 6.07) is 0.476. The first-order valence-corrected chi connectivity index (χ1v) is 12.7. The number of piperidine rings is 1. The number of nitrogens with zero attached hydrogens (tertiary/aromatic N) is 1. The Hall–Kier alpha value is -0.280. The lowest BCUT2D eigenvalue weighted by Gasteiger charge is -2.59. The predicted octanol–water partition coefficient (Wildman–Crippen LogP) is 3.53. The zero-order valence-electron chi connectivity index (χ0n) is 19.7. The lowest BCUT2D eigenvalue weighted by atomic mass is 9.65. The summed E-state index contributed by atoms with van der Waals surface area (Å²) < 4.78 is 21.6. The fraction of sp³-hybridized carbons (Fsp3) is 1.00. The molecule has 2 spiro atoms. The molecule has 0 unspecified atom stereocenters. The van der Waals surface area contributed by atoms with Gasteiger partial charge in [0, 0.05) is 30.8 Å². The van der Waals surface area contributed by atoms with Crippen molar-refractivity contribution in [3.05, 3.63) is 0 Å². The van der Waals surface area contributed by atoms with Gasteiger partial charge in [-0.1, -0.05) is 38.5 Å². The second kappa shape index (κ2) is 13.4. The maximum absolute atomic E-state index is 11.4. The Bertz CT molecular complexity index is 453. The minimum Gasteiger partial charge on any atom is -0.382 e. The summed E-state index contributed by atoms with van der Waals surface area (Å²) in [6.45, 7) is 5.20. The van der Waals surface area contributed by atoms with Gasteiger partial charge in [-0.05, 0) is 38.5 Å². The molecule has 0 atom stereocenters. The van der Waals surface area contributed by atoms with Gasteiger partial charge in [0.15, 0.2) is 0 Å². The number of rotatable bonds is 13. The summed E-state index contributed by atoms with van der Waals surface area (Å²) >= 11 is 0. The van der Waals surface area contributed by atoms with E-state index in [4.69, 9.17) is 18.9 Å². The van der Waals surface area contributed by atoms with Crippen molar-refractivity contribution in [2.24, 2.45) is 0 Å². The molecule has 182 valence electrons. The lowest BCUT2D eigenvalue weighted by molar-refractivity contribution is -0.281. The molecular weight excluding hydrogens is 396 g/mol. The zero-order valence-corrected chi connectivity index (χ0v) is 19.7. The van der Waals surface area contributed by atoms with Crippen LogP contribution in [-0.4, -0.2) is 87.3 Å². The van der Waals surface area contributed by atoms with Crippen molar-refractivity contribution in [3.63, 3.8) is 0 Å². The van der Waals surface area contributed by atoms with Crippen LogP contribution in [0.15, 0.2) is 0 Å². The molecule has 2 aliphatic carbocycles. The monoisotopic (exact) mass is 442 g/mol. The highest BCUT2D eigenvalue weighted by Crippen LogP contribution is 2.50. The van der Waals surface area contributed by atoms with E-state index in [0.717, 1.165) is 45.1 Å². The third kappa shape index (κ3) is 7.36. The van der Waals surface area contributed by atoms with Crippen molar-refractivity contribution in [1.29, 1.82) is 0 Å². The van der Waals surface area contributed by atoms with Gasteiger partial charge in [0.2, 0.25) is 0 Å². The number of methoxy groups -OCH3 is 1. The first-order valence-electron chi connectivity index (χ1n) is 12.7. The van der Waals surface area contributed by atoms with Gasteiger partial charge in [-0.15, -0.1) is 0 Å². The summed E-state index contributed by atoms with van der Waals surface area (Å²) in [5.74, 6) is 0. The van der Waals surface area contributed by atoms with Crippen LogP contribution in [0.25, 0.3) is 0 Å². The predicted molar refractivity (Wildman–Crippen MR) is 121 cm³/mol. The quantitative estimate of drug-likeness (QED) is 0.423. The molecule has 7 heteroatoms. The fourth-order valence-electron chi connectivity index (χ4n) is 6.08. The molecule has 0 aromatic heterocycles. The zero-order chi connectivity index (χ0) is 21.8. The van der Waals surface area contributed by atoms with Gasteiger partial charge >= 0.3 is 0 Å². The number of nitrogens with one attached hydrogen (secondary N) is 1. The van der Waals surface area contributed by atoms with Crippen LogP contribution in [0.2, 0.25) is 0 Å². The molecule has 7 nitrogen and oxygen atoms in total. The van der Waals surface area contributed by atoms with E-state index in [2.05, 4.69) is 5.32 Å². The Morgan fingerprint density at radius 1 is 0.710 bits per heavy atom. The Labute approximate surface area is 189 Å². The smallest absolute Gasteiger partial charge is 0.0701 e. The van der Waals surface area contributed by atoms with Gasteiger partial charge in [0.05, 0.1) is 46.2 Å². The highest BCUT2D eigenvalue weighted by molar-refractivity contribution is 5.08. The van der Waals surface area contributed by atoms with Gasteiger partial charge in [-0.3, -0.25) is 0 Å². The molecular formula is C24H46N2O5. The lowest BCUT2D eigenvalue weighted by Crippen LogP contribution is -2.67. The summed E-state index contributed by atoms with van der Waals surface area (Å²) in [5.41, 5.74) is -0.0168. The van der Waals surface area contributed by atoms with Crippen molar-refractivity contribution >= 4 is 0 Å². The normalized spacial score (nSPS) is 25.9. The molecule has 2 saturated carbocycles. The van der Waals surface area contributed by atoms with E-state index in [1.807, 2.05) is 5.06 Å². The molecule has 1 heterocycles. The van der Waals surface area contributed by atoms with E-state index in [0.29, 0.717) is 52.3 Å². The summed E-state index contributed by atoms with van der Waals surface area (Å²) in [4.78, 5) is 0. The van der Waals surface area contributed by atoms with Crippen molar-refractivity contribution in [3.8, 4) is 0 Å². The third-order valence-corrected chi connectivity index (χ3v) is 7.58. The molecule has 2 N–H and O–H groups in total. The van der Waals surface area contributed by atoms with Gasteiger partial charge in [-0.25, -0.2) is 0 Å². The molecule has 31 heavy (non-hydrogen) atoms. The van der Waals surface area contributed by atoms with E-state index < -0.39 is 0 Å². The highest BCUT2D eigenvalue weighted by atomic mass is 16.6. The van der Waals surface area contributed by atoms with Crippen LogP contribution in [0.1, 0.15) is 77.0 Å². The Kier molecular flexibility index (Phi) is 11.0. The number of hydrogen-bond acceptors (Lipinski definition) is 7. The van der Waals surface area contributed by atoms with Crippen molar-refractivity contribution < 1.29 is 24.2 Å². The molecule has 3 rings (SSSR count). The van der Waals surface area contributed by atoms with Crippen molar-refractivity contribution in [2.75, 3.05) is 59.9 Å². The van der Waals surface area contributed by atoms with E-state index in [1.165, 1.54) is 38.5 Å². The van der Waals surface area contributed by atoms with Gasteiger partial charge in [-0.2, -0.15) is 5.06 Å². The fourth-order valence-corrected chi connectivity index (χ4v) is 6.08. The molecule has 0 radical (unpaired) electrons. The second-order valence-corrected chi connectivity index (χ2v) is 9.77. The van der Waals surface area contributed by atoms with Crippen molar-refractivity contribution in [1.82, 2.24) is 10.4 Å². The third-order valence-electron chi connectivity index (χ3n) is 7.58. The van der Waals surface area contributed by atoms with E-state index >= 15 is 0 Å². The van der Waals surface area contributed by atoms with E-state index in [1.54, 1.807) is 7.11 Å². The van der Waals surface area contributed by atoms with Gasteiger partial charge in [0.1, 0.15) is 0 Å². The number of hydroxylamine groups is 2. The number of hydrogen-bond donors (Lipinski definition) is 2. The van der Waals surface area contributed by atoms with Gasteiger partial charge in [0.25, 0.3) is 0 Å². The highest BCUT2D eigenvalue weighted by Gasteiger charge is 2.54. The number of ether oxygens (including phenoxy) is 4. The molecule has 3 fully saturated rings. The van der Waals surface area contributed by atoms with Crippen LogP contribution in [0.3, 0.4) is 0 Å². The summed E-state index contributed by atoms with van der Waals surface area (Å²) in [5, 5.41) is 17.1. The SMILES string of the molecule is COCCOCCOCCOCCNC1CC2(CCCCC2)N(O)C2(CCCCC2)C1. The molecule has 3 aliphatic rings. The largest absolute Gasteiger partial charge is 0.382 e. The Balaban J connectivity index is 1.34. The van der Waals surface area contributed by atoms with Crippen LogP contribution in [0.5, 0.6) is 0 Å². The first kappa shape index (κ1) is 25.3. The Morgan fingerprint density at radius 2 is 1.16 bits per heavy atom. The molecule has 0 aromatic carbocycles. The molecule has 0 amide bonds. The molecule has 0 bridgehead atoms. The summed E-state index contributed by atoms with van der Waals surface area (Å²) in [6.07, 6.45) is 14.3. The maximum Gasteiger partial charge on any atom is 0.0701 e. The van der Waals surface area contributed by atoms with Gasteiger partial charge < -0.3 is 29.5 Å². The first-order chi connectivity index (χ1) is 15.2. The van der Waals surface area contributed by atoms with Crippen LogP contribution in [-0.2, 0) is 18.9 Å². The van der Waals surface area contributed by atoms with Crippen LogP contribution < -0.4 is 5.32 Å². The van der Waals surface area contributed by atoms with Crippen molar-refractivity contribution in [2.45, 2.75) is 94.2 Å². The standard InChI is InChI=1S/C24H46N2O5/c1-28-14-15-30-18-19-31-17-16-29-13-12-25-22-20-23(8-4-2-5-9-23)26(27)24(21-22)10-6-3-7-11-24/h22,25,27H,2-21H2,1H3. The topological polar surface area (TPSA) is 72.4 Å². The average Bonchev–Trinajstić information content (AvgIpc) is 2.79. The minimum absolute atomic E-state index is 0.00840.